The van der Waals surface area contributed by atoms with Crippen LogP contribution in [0.15, 0.2) is 12.4 Å². The third-order valence-corrected chi connectivity index (χ3v) is 4.19. The van der Waals surface area contributed by atoms with E-state index in [0.29, 0.717) is 18.4 Å². The smallest absolute Gasteiger partial charge is 0.341 e. The van der Waals surface area contributed by atoms with Crippen molar-refractivity contribution < 1.29 is 18.0 Å². The molecule has 0 saturated carbocycles. The number of alkyl halides is 3. The van der Waals surface area contributed by atoms with E-state index in [1.165, 1.54) is 12.4 Å². The van der Waals surface area contributed by atoms with Gasteiger partial charge >= 0.3 is 6.18 Å². The fourth-order valence-corrected chi connectivity index (χ4v) is 2.88. The average molecular weight is 332 g/mol. The summed E-state index contributed by atoms with van der Waals surface area (Å²) in [7, 11) is 3.99. The maximum Gasteiger partial charge on any atom is 0.406 e. The second-order valence-electron chi connectivity index (χ2n) is 6.19. The van der Waals surface area contributed by atoms with Crippen molar-refractivity contribution in [3.8, 4) is 0 Å². The molecular weight excluding hydrogens is 309 g/mol. The van der Waals surface area contributed by atoms with Crippen LogP contribution in [0.4, 0.5) is 13.2 Å². The summed E-state index contributed by atoms with van der Waals surface area (Å²) in [6.45, 7) is 0.339. The van der Waals surface area contributed by atoms with Gasteiger partial charge in [0.1, 0.15) is 12.4 Å². The van der Waals surface area contributed by atoms with Gasteiger partial charge in [0.2, 0.25) is 5.91 Å². The second kappa shape index (κ2) is 7.33. The zero-order valence-corrected chi connectivity index (χ0v) is 13.5. The van der Waals surface area contributed by atoms with Gasteiger partial charge in [-0.05, 0) is 26.9 Å². The van der Waals surface area contributed by atoms with E-state index in [4.69, 9.17) is 0 Å². The number of halogens is 3. The molecule has 1 aliphatic heterocycles. The Morgan fingerprint density at radius 2 is 2.17 bits per heavy atom. The molecule has 1 aromatic heterocycles. The van der Waals surface area contributed by atoms with Crippen molar-refractivity contribution in [3.63, 3.8) is 0 Å². The van der Waals surface area contributed by atoms with Gasteiger partial charge in [-0.1, -0.05) is 0 Å². The first kappa shape index (κ1) is 17.8. The van der Waals surface area contributed by atoms with E-state index in [-0.39, 0.29) is 18.7 Å². The van der Waals surface area contributed by atoms with Crippen molar-refractivity contribution in [1.29, 1.82) is 0 Å². The third kappa shape index (κ3) is 5.23. The minimum atomic E-state index is -4.29. The number of nitrogens with zero attached hydrogens (tertiary/aromatic N) is 4. The van der Waals surface area contributed by atoms with Crippen LogP contribution in [0.5, 0.6) is 0 Å². The van der Waals surface area contributed by atoms with E-state index in [1.54, 1.807) is 0 Å². The number of piperidine rings is 1. The number of aryl methyl sites for hydroxylation is 1. The molecule has 1 aliphatic rings. The molecule has 0 bridgehead atoms. The highest BCUT2D eigenvalue weighted by molar-refractivity contribution is 5.76. The molecule has 1 aromatic rings. The first-order valence-electron chi connectivity index (χ1n) is 7.77. The topological polar surface area (TPSA) is 41.4 Å². The van der Waals surface area contributed by atoms with Crippen LogP contribution in [0.3, 0.4) is 0 Å². The molecule has 130 valence electrons. The van der Waals surface area contributed by atoms with Gasteiger partial charge in [-0.25, -0.2) is 4.98 Å². The first-order valence-corrected chi connectivity index (χ1v) is 7.77. The molecule has 1 atom stereocenters. The highest BCUT2D eigenvalue weighted by Gasteiger charge is 2.29. The summed E-state index contributed by atoms with van der Waals surface area (Å²) in [4.78, 5) is 20.2. The number of amides is 1. The van der Waals surface area contributed by atoms with Crippen LogP contribution in [0, 0.1) is 0 Å². The number of rotatable bonds is 5. The number of likely N-dealkylation sites (N-methyl/N-ethyl adjacent to an activating group) is 1. The normalized spacial score (nSPS) is 19.4. The Kier molecular flexibility index (Phi) is 5.67. The molecule has 0 unspecified atom stereocenters. The predicted octanol–water partition coefficient (Wildman–Crippen LogP) is 1.93. The summed E-state index contributed by atoms with van der Waals surface area (Å²) < 4.78 is 38.5. The van der Waals surface area contributed by atoms with Gasteiger partial charge in [-0.2, -0.15) is 13.2 Å². The summed E-state index contributed by atoms with van der Waals surface area (Å²) in [5, 5.41) is 0. The molecule has 0 aromatic carbocycles. The van der Waals surface area contributed by atoms with Crippen molar-refractivity contribution in [2.45, 2.75) is 44.4 Å². The highest BCUT2D eigenvalue weighted by atomic mass is 19.4. The van der Waals surface area contributed by atoms with E-state index in [9.17, 15) is 18.0 Å². The average Bonchev–Trinajstić information content (AvgIpc) is 2.90. The second-order valence-corrected chi connectivity index (χ2v) is 6.19. The van der Waals surface area contributed by atoms with Crippen LogP contribution < -0.4 is 0 Å². The summed E-state index contributed by atoms with van der Waals surface area (Å²) in [6, 6.07) is 0.347. The molecule has 0 N–H and O–H groups in total. The lowest BCUT2D eigenvalue weighted by Crippen LogP contribution is -2.47. The van der Waals surface area contributed by atoms with Gasteiger partial charge in [0.25, 0.3) is 0 Å². The summed E-state index contributed by atoms with van der Waals surface area (Å²) >= 11 is 0. The largest absolute Gasteiger partial charge is 0.406 e. The molecule has 8 heteroatoms. The molecule has 5 nitrogen and oxygen atoms in total. The first-order chi connectivity index (χ1) is 10.8. The van der Waals surface area contributed by atoms with Crippen molar-refractivity contribution in [2.24, 2.45) is 0 Å². The Morgan fingerprint density at radius 1 is 1.43 bits per heavy atom. The maximum atomic E-state index is 12.5. The van der Waals surface area contributed by atoms with E-state index in [2.05, 4.69) is 9.88 Å². The molecule has 2 rings (SSSR count). The van der Waals surface area contributed by atoms with Gasteiger partial charge in [0, 0.05) is 44.4 Å². The van der Waals surface area contributed by atoms with E-state index in [1.807, 2.05) is 19.0 Å². The fourth-order valence-electron chi connectivity index (χ4n) is 2.88. The van der Waals surface area contributed by atoms with Crippen molar-refractivity contribution in [1.82, 2.24) is 19.4 Å². The molecule has 1 fully saturated rings. The minimum absolute atomic E-state index is 0.0156. The molecule has 0 spiro atoms. The lowest BCUT2D eigenvalue weighted by atomic mass is 10.0. The Labute approximate surface area is 134 Å². The third-order valence-electron chi connectivity index (χ3n) is 4.19. The number of hydrogen-bond acceptors (Lipinski definition) is 3. The van der Waals surface area contributed by atoms with Crippen LogP contribution in [-0.2, 0) is 17.8 Å². The van der Waals surface area contributed by atoms with Crippen LogP contribution in [0.25, 0.3) is 0 Å². The lowest BCUT2D eigenvalue weighted by Gasteiger charge is -2.36. The summed E-state index contributed by atoms with van der Waals surface area (Å²) in [5.74, 6) is 0.287. The minimum Gasteiger partial charge on any atom is -0.341 e. The standard InChI is InChI=1S/C15H23F3N4O/c1-20(2)12-4-3-8-21(10-12)14(23)6-5-13-19-7-9-22(13)11-15(16,17)18/h7,9,12H,3-6,8,10-11H2,1-2H3/t12-/m1/s1. The predicted molar refractivity (Wildman–Crippen MR) is 79.9 cm³/mol. The van der Waals surface area contributed by atoms with Crippen LogP contribution in [0.2, 0.25) is 0 Å². The zero-order chi connectivity index (χ0) is 17.0. The molecule has 23 heavy (non-hydrogen) atoms. The number of carbonyl (C=O) groups excluding carboxylic acids is 1. The molecule has 0 radical (unpaired) electrons. The number of aromatic nitrogens is 2. The molecule has 1 amide bonds. The van der Waals surface area contributed by atoms with Crippen molar-refractivity contribution >= 4 is 5.91 Å². The molecule has 2 heterocycles. The Balaban J connectivity index is 1.88. The van der Waals surface area contributed by atoms with Gasteiger partial charge in [-0.3, -0.25) is 4.79 Å². The lowest BCUT2D eigenvalue weighted by molar-refractivity contribution is -0.141. The summed E-state index contributed by atoms with van der Waals surface area (Å²) in [6.07, 6.45) is 0.792. The van der Waals surface area contributed by atoms with Gasteiger partial charge in [-0.15, -0.1) is 0 Å². The van der Waals surface area contributed by atoms with Gasteiger partial charge in [0.05, 0.1) is 0 Å². The SMILES string of the molecule is CN(C)[C@@H]1CCCN(C(=O)CCc2nccn2CC(F)(F)F)C1. The quantitative estimate of drug-likeness (QED) is 0.827. The monoisotopic (exact) mass is 332 g/mol. The summed E-state index contributed by atoms with van der Waals surface area (Å²) in [5.41, 5.74) is 0. The number of hydrogen-bond donors (Lipinski definition) is 0. The Morgan fingerprint density at radius 3 is 2.83 bits per heavy atom. The molecule has 0 aliphatic carbocycles. The Bertz CT molecular complexity index is 527. The van der Waals surface area contributed by atoms with E-state index < -0.39 is 12.7 Å². The zero-order valence-electron chi connectivity index (χ0n) is 13.5. The van der Waals surface area contributed by atoms with Crippen molar-refractivity contribution in [3.05, 3.63) is 18.2 Å². The maximum absolute atomic E-state index is 12.5. The van der Waals surface area contributed by atoms with Crippen LogP contribution in [0.1, 0.15) is 25.1 Å². The van der Waals surface area contributed by atoms with Gasteiger partial charge < -0.3 is 14.4 Å². The highest BCUT2D eigenvalue weighted by Crippen LogP contribution is 2.19. The molecule has 1 saturated heterocycles. The Hall–Kier alpha value is -1.57. The fraction of sp³-hybridized carbons (Fsp3) is 0.733. The van der Waals surface area contributed by atoms with Crippen LogP contribution >= 0.6 is 0 Å². The van der Waals surface area contributed by atoms with Crippen LogP contribution in [-0.4, -0.2) is 64.7 Å². The van der Waals surface area contributed by atoms with Gasteiger partial charge in [0.15, 0.2) is 0 Å². The number of likely N-dealkylation sites (tertiary alicyclic amines) is 1. The number of imidazole rings is 1. The van der Waals surface area contributed by atoms with E-state index >= 15 is 0 Å². The van der Waals surface area contributed by atoms with Crippen molar-refractivity contribution in [2.75, 3.05) is 27.2 Å². The number of carbonyl (C=O) groups is 1. The molecular formula is C15H23F3N4O. The van der Waals surface area contributed by atoms with E-state index in [0.717, 1.165) is 24.0 Å².